The second-order valence-corrected chi connectivity index (χ2v) is 9.80. The molecule has 2 aliphatic carbocycles. The van der Waals surface area contributed by atoms with E-state index in [2.05, 4.69) is 41.5 Å². The Morgan fingerprint density at radius 3 is 2.20 bits per heavy atom. The van der Waals surface area contributed by atoms with Crippen molar-refractivity contribution in [1.29, 1.82) is 0 Å². The molecular weight excluding hydrogens is 240 g/mol. The van der Waals surface area contributed by atoms with Crippen LogP contribution in [-0.2, 0) is 0 Å². The van der Waals surface area contributed by atoms with Crippen LogP contribution < -0.4 is 0 Å². The van der Waals surface area contributed by atoms with E-state index in [0.717, 1.165) is 11.8 Å². The van der Waals surface area contributed by atoms with Gasteiger partial charge < -0.3 is 0 Å². The molecule has 0 aromatic rings. The molecule has 2 saturated carbocycles. The monoisotopic (exact) mass is 278 g/mol. The maximum atomic E-state index is 2.59. The predicted molar refractivity (Wildman–Crippen MR) is 89.9 cm³/mol. The van der Waals surface area contributed by atoms with Gasteiger partial charge >= 0.3 is 0 Å². The van der Waals surface area contributed by atoms with Gasteiger partial charge in [-0.15, -0.1) is 0 Å². The van der Waals surface area contributed by atoms with Crippen molar-refractivity contribution in [3.05, 3.63) is 0 Å². The maximum absolute atomic E-state index is 2.59. The Labute approximate surface area is 128 Å². The molecule has 2 rings (SSSR count). The minimum atomic E-state index is 0.502. The van der Waals surface area contributed by atoms with Crippen molar-refractivity contribution < 1.29 is 0 Å². The van der Waals surface area contributed by atoms with E-state index >= 15 is 0 Å². The van der Waals surface area contributed by atoms with Gasteiger partial charge in [-0.1, -0.05) is 67.2 Å². The van der Waals surface area contributed by atoms with Gasteiger partial charge in [0, 0.05) is 0 Å². The second kappa shape index (κ2) is 5.65. The summed E-state index contributed by atoms with van der Waals surface area (Å²) in [6.45, 7) is 14.8. The molecule has 0 N–H and O–H groups in total. The Kier molecular flexibility index (Phi) is 4.63. The van der Waals surface area contributed by atoms with Crippen LogP contribution in [0.15, 0.2) is 0 Å². The molecule has 0 aromatic heterocycles. The highest BCUT2D eigenvalue weighted by molar-refractivity contribution is 5.09. The van der Waals surface area contributed by atoms with Gasteiger partial charge in [-0.2, -0.15) is 0 Å². The van der Waals surface area contributed by atoms with Crippen LogP contribution in [0.2, 0.25) is 0 Å². The van der Waals surface area contributed by atoms with Crippen LogP contribution >= 0.6 is 0 Å². The van der Waals surface area contributed by atoms with Crippen LogP contribution in [0.5, 0.6) is 0 Å². The van der Waals surface area contributed by atoms with E-state index in [9.17, 15) is 0 Å². The lowest BCUT2D eigenvalue weighted by atomic mass is 9.73. The second-order valence-electron chi connectivity index (χ2n) is 9.80. The Hall–Kier alpha value is 0. The van der Waals surface area contributed by atoms with Crippen molar-refractivity contribution in [2.75, 3.05) is 0 Å². The lowest BCUT2D eigenvalue weighted by Crippen LogP contribution is -2.24. The van der Waals surface area contributed by atoms with Gasteiger partial charge in [0.1, 0.15) is 0 Å². The van der Waals surface area contributed by atoms with Gasteiger partial charge in [0.2, 0.25) is 0 Å². The van der Waals surface area contributed by atoms with Gasteiger partial charge in [0.15, 0.2) is 0 Å². The highest BCUT2D eigenvalue weighted by Crippen LogP contribution is 2.69. The molecule has 0 bridgehead atoms. The molecule has 0 saturated heterocycles. The molecule has 0 spiro atoms. The first-order chi connectivity index (χ1) is 9.20. The molecule has 3 atom stereocenters. The Balaban J connectivity index is 1.88. The van der Waals surface area contributed by atoms with E-state index in [1.807, 2.05) is 0 Å². The number of hydrogen-bond acceptors (Lipinski definition) is 0. The van der Waals surface area contributed by atoms with Gasteiger partial charge in [0.25, 0.3) is 0 Å². The van der Waals surface area contributed by atoms with Gasteiger partial charge in [0.05, 0.1) is 0 Å². The molecule has 118 valence electrons. The normalized spacial score (nSPS) is 33.0. The molecule has 0 nitrogen and oxygen atoms in total. The van der Waals surface area contributed by atoms with Crippen molar-refractivity contribution >= 4 is 0 Å². The fraction of sp³-hybridized carbons (Fsp3) is 1.00. The van der Waals surface area contributed by atoms with E-state index in [1.54, 1.807) is 0 Å². The lowest BCUT2D eigenvalue weighted by Gasteiger charge is -2.32. The fourth-order valence-electron chi connectivity index (χ4n) is 4.42. The summed E-state index contributed by atoms with van der Waals surface area (Å²) in [5.74, 6) is 2.04. The smallest absolute Gasteiger partial charge is 0.0292 e. The Morgan fingerprint density at radius 1 is 1.05 bits per heavy atom. The molecule has 0 heterocycles. The molecule has 0 heteroatoms. The average Bonchev–Trinajstić information content (AvgIpc) is 3.21. The highest BCUT2D eigenvalue weighted by atomic mass is 14.6. The van der Waals surface area contributed by atoms with Crippen molar-refractivity contribution in [1.82, 2.24) is 0 Å². The molecule has 0 aromatic carbocycles. The SMILES string of the molecule is CCCCCCC1(C)CC1C(CC(C)(C)C)C1(C)CC1. The van der Waals surface area contributed by atoms with Crippen LogP contribution in [0.4, 0.5) is 0 Å². The van der Waals surface area contributed by atoms with Gasteiger partial charge in [-0.3, -0.25) is 0 Å². The third-order valence-electron chi connectivity index (χ3n) is 6.27. The van der Waals surface area contributed by atoms with Crippen LogP contribution in [0.25, 0.3) is 0 Å². The number of unbranched alkanes of at least 4 members (excludes halogenated alkanes) is 3. The summed E-state index contributed by atoms with van der Waals surface area (Å²) in [5.41, 5.74) is 1.91. The van der Waals surface area contributed by atoms with E-state index in [1.165, 1.54) is 57.8 Å². The van der Waals surface area contributed by atoms with Crippen molar-refractivity contribution in [3.63, 3.8) is 0 Å². The van der Waals surface area contributed by atoms with Crippen LogP contribution in [-0.4, -0.2) is 0 Å². The Morgan fingerprint density at radius 2 is 1.70 bits per heavy atom. The Bertz CT molecular complexity index is 317. The minimum absolute atomic E-state index is 0.502. The van der Waals surface area contributed by atoms with Crippen LogP contribution in [0.3, 0.4) is 0 Å². The molecule has 20 heavy (non-hydrogen) atoms. The first kappa shape index (κ1) is 16.4. The zero-order chi connectivity index (χ0) is 15.0. The molecule has 3 unspecified atom stereocenters. The van der Waals surface area contributed by atoms with Gasteiger partial charge in [-0.05, 0) is 60.2 Å². The first-order valence-corrected chi connectivity index (χ1v) is 9.20. The molecule has 0 aliphatic heterocycles. The van der Waals surface area contributed by atoms with Crippen molar-refractivity contribution in [2.24, 2.45) is 28.1 Å². The molecule has 2 aliphatic rings. The van der Waals surface area contributed by atoms with E-state index in [0.29, 0.717) is 16.2 Å². The quantitative estimate of drug-likeness (QED) is 0.426. The standard InChI is InChI=1S/C20H38/c1-7-8-9-10-11-20(6)15-17(20)16(14-18(2,3)4)19(5)12-13-19/h16-17H,7-15H2,1-6H3. The largest absolute Gasteiger partial charge is 0.0654 e. The predicted octanol–water partition coefficient (Wildman–Crippen LogP) is 6.84. The lowest BCUT2D eigenvalue weighted by molar-refractivity contribution is 0.171. The minimum Gasteiger partial charge on any atom is -0.0654 e. The summed E-state index contributed by atoms with van der Waals surface area (Å²) in [5, 5.41) is 0. The van der Waals surface area contributed by atoms with Crippen LogP contribution in [0, 0.1) is 28.1 Å². The number of rotatable bonds is 8. The fourth-order valence-corrected chi connectivity index (χ4v) is 4.42. The molecular formula is C20H38. The van der Waals surface area contributed by atoms with Crippen molar-refractivity contribution in [3.8, 4) is 0 Å². The van der Waals surface area contributed by atoms with E-state index < -0.39 is 0 Å². The van der Waals surface area contributed by atoms with E-state index in [4.69, 9.17) is 0 Å². The number of hydrogen-bond donors (Lipinski definition) is 0. The zero-order valence-electron chi connectivity index (χ0n) is 15.0. The van der Waals surface area contributed by atoms with Crippen molar-refractivity contribution in [2.45, 2.75) is 99.3 Å². The molecule has 0 radical (unpaired) electrons. The summed E-state index contributed by atoms with van der Waals surface area (Å²) >= 11 is 0. The van der Waals surface area contributed by atoms with E-state index in [-0.39, 0.29) is 0 Å². The topological polar surface area (TPSA) is 0 Å². The third kappa shape index (κ3) is 4.01. The summed E-state index contributed by atoms with van der Waals surface area (Å²) < 4.78 is 0. The summed E-state index contributed by atoms with van der Waals surface area (Å²) in [6.07, 6.45) is 13.2. The maximum Gasteiger partial charge on any atom is -0.0292 e. The summed E-state index contributed by atoms with van der Waals surface area (Å²) in [4.78, 5) is 0. The van der Waals surface area contributed by atoms with Crippen LogP contribution in [0.1, 0.15) is 99.3 Å². The van der Waals surface area contributed by atoms with Gasteiger partial charge in [-0.25, -0.2) is 0 Å². The molecule has 2 fully saturated rings. The zero-order valence-corrected chi connectivity index (χ0v) is 15.0. The first-order valence-electron chi connectivity index (χ1n) is 9.20. The summed E-state index contributed by atoms with van der Waals surface area (Å²) in [6, 6.07) is 0. The molecule has 0 amide bonds. The highest BCUT2D eigenvalue weighted by Gasteiger charge is 2.60. The third-order valence-corrected chi connectivity index (χ3v) is 6.27. The summed E-state index contributed by atoms with van der Waals surface area (Å²) in [7, 11) is 0. The average molecular weight is 279 g/mol.